The second-order valence-corrected chi connectivity index (χ2v) is 3.60. The molecular weight excluding hydrogens is 170 g/mol. The van der Waals surface area contributed by atoms with Gasteiger partial charge in [0.15, 0.2) is 0 Å². The van der Waals surface area contributed by atoms with Crippen LogP contribution < -0.4 is 0 Å². The summed E-state index contributed by atoms with van der Waals surface area (Å²) >= 11 is 1.68. The maximum Gasteiger partial charge on any atom is 0.0813 e. The van der Waals surface area contributed by atoms with Gasteiger partial charge < -0.3 is 4.74 Å². The molecule has 0 aliphatic heterocycles. The van der Waals surface area contributed by atoms with Crippen molar-refractivity contribution in [2.45, 2.75) is 26.1 Å². The van der Waals surface area contributed by atoms with Crippen LogP contribution in [0.5, 0.6) is 0 Å². The van der Waals surface area contributed by atoms with Crippen molar-refractivity contribution < 1.29 is 4.74 Å². The van der Waals surface area contributed by atoms with Crippen LogP contribution in [0.25, 0.3) is 0 Å². The molecule has 1 aromatic rings. The molecule has 0 radical (unpaired) electrons. The lowest BCUT2D eigenvalue weighted by molar-refractivity contribution is 0.0580. The van der Waals surface area contributed by atoms with Gasteiger partial charge in [0.2, 0.25) is 0 Å². The molecule has 1 heterocycles. The second-order valence-electron chi connectivity index (χ2n) is 2.56. The van der Waals surface area contributed by atoms with Crippen molar-refractivity contribution in [2.24, 2.45) is 0 Å². The summed E-state index contributed by atoms with van der Waals surface area (Å²) < 4.78 is 5.41. The van der Waals surface area contributed by atoms with Crippen molar-refractivity contribution in [3.8, 4) is 6.07 Å². The Hall–Kier alpha value is -0.850. The van der Waals surface area contributed by atoms with E-state index < -0.39 is 0 Å². The van der Waals surface area contributed by atoms with Crippen molar-refractivity contribution in [1.29, 1.82) is 5.26 Å². The van der Waals surface area contributed by atoms with Gasteiger partial charge in [-0.05, 0) is 18.4 Å². The third-order valence-electron chi connectivity index (χ3n) is 1.47. The van der Waals surface area contributed by atoms with E-state index in [1.54, 1.807) is 11.3 Å². The molecule has 0 N–H and O–H groups in total. The van der Waals surface area contributed by atoms with Crippen LogP contribution in [-0.2, 0) is 11.3 Å². The predicted molar refractivity (Wildman–Crippen MR) is 48.8 cm³/mol. The lowest BCUT2D eigenvalue weighted by atomic mass is 10.3. The van der Waals surface area contributed by atoms with Crippen LogP contribution in [0.3, 0.4) is 0 Å². The first kappa shape index (κ1) is 9.24. The highest BCUT2D eigenvalue weighted by Crippen LogP contribution is 2.11. The topological polar surface area (TPSA) is 33.0 Å². The van der Waals surface area contributed by atoms with Crippen LogP contribution >= 0.6 is 11.3 Å². The molecule has 3 heteroatoms. The van der Waals surface area contributed by atoms with E-state index >= 15 is 0 Å². The molecule has 0 saturated heterocycles. The Morgan fingerprint density at radius 1 is 1.75 bits per heavy atom. The highest BCUT2D eigenvalue weighted by molar-refractivity contribution is 7.09. The summed E-state index contributed by atoms with van der Waals surface area (Å²) in [6, 6.07) is 6.11. The normalized spacial score (nSPS) is 12.3. The fourth-order valence-electron chi connectivity index (χ4n) is 0.807. The van der Waals surface area contributed by atoms with Crippen LogP contribution in [0.4, 0.5) is 0 Å². The largest absolute Gasteiger partial charge is 0.372 e. The van der Waals surface area contributed by atoms with Crippen LogP contribution in [0.1, 0.15) is 18.2 Å². The summed E-state index contributed by atoms with van der Waals surface area (Å²) in [5.74, 6) is 0. The number of nitrogens with zero attached hydrogens (tertiary/aromatic N) is 1. The first-order valence-corrected chi connectivity index (χ1v) is 4.72. The first-order chi connectivity index (χ1) is 5.83. The van der Waals surface area contributed by atoms with Gasteiger partial charge in [0.25, 0.3) is 0 Å². The maximum atomic E-state index is 8.37. The van der Waals surface area contributed by atoms with E-state index in [4.69, 9.17) is 10.00 Å². The highest BCUT2D eigenvalue weighted by Gasteiger charge is 2.01. The summed E-state index contributed by atoms with van der Waals surface area (Å²) in [5, 5.41) is 10.4. The predicted octanol–water partition coefficient (Wildman–Crippen LogP) is 2.57. The molecule has 0 aromatic carbocycles. The standard InChI is InChI=1S/C9H11NOS/c1-8(4-5-10)11-7-9-3-2-6-12-9/h2-3,6,8H,4,7H2,1H3. The van der Waals surface area contributed by atoms with Crippen molar-refractivity contribution in [3.63, 3.8) is 0 Å². The van der Waals surface area contributed by atoms with Gasteiger partial charge in [-0.2, -0.15) is 5.26 Å². The van der Waals surface area contributed by atoms with Gasteiger partial charge in [-0.25, -0.2) is 0 Å². The van der Waals surface area contributed by atoms with Gasteiger partial charge in [-0.1, -0.05) is 6.07 Å². The van der Waals surface area contributed by atoms with E-state index in [0.29, 0.717) is 13.0 Å². The van der Waals surface area contributed by atoms with E-state index in [0.717, 1.165) is 0 Å². The molecule has 1 aromatic heterocycles. The van der Waals surface area contributed by atoms with Crippen LogP contribution in [0.2, 0.25) is 0 Å². The zero-order valence-electron chi connectivity index (χ0n) is 6.99. The lowest BCUT2D eigenvalue weighted by Crippen LogP contribution is -2.05. The number of hydrogen-bond acceptors (Lipinski definition) is 3. The van der Waals surface area contributed by atoms with E-state index in [1.807, 2.05) is 24.4 Å². The average Bonchev–Trinajstić information content (AvgIpc) is 2.53. The molecular formula is C9H11NOS. The van der Waals surface area contributed by atoms with Gasteiger partial charge in [-0.15, -0.1) is 11.3 Å². The lowest BCUT2D eigenvalue weighted by Gasteiger charge is -2.07. The molecule has 12 heavy (non-hydrogen) atoms. The summed E-state index contributed by atoms with van der Waals surface area (Å²) in [7, 11) is 0. The first-order valence-electron chi connectivity index (χ1n) is 3.84. The fourth-order valence-corrected chi connectivity index (χ4v) is 1.43. The molecule has 0 aliphatic carbocycles. The number of thiophene rings is 1. The van der Waals surface area contributed by atoms with Crippen molar-refractivity contribution in [2.75, 3.05) is 0 Å². The minimum atomic E-state index is 0.0390. The summed E-state index contributed by atoms with van der Waals surface area (Å²) in [6.45, 7) is 2.54. The van der Waals surface area contributed by atoms with Crippen molar-refractivity contribution in [3.05, 3.63) is 22.4 Å². The Bertz CT molecular complexity index is 250. The Morgan fingerprint density at radius 3 is 3.17 bits per heavy atom. The van der Waals surface area contributed by atoms with E-state index in [2.05, 4.69) is 6.07 Å². The van der Waals surface area contributed by atoms with Gasteiger partial charge in [0, 0.05) is 4.88 Å². The molecule has 0 amide bonds. The smallest absolute Gasteiger partial charge is 0.0813 e. The molecule has 1 atom stereocenters. The minimum Gasteiger partial charge on any atom is -0.372 e. The van der Waals surface area contributed by atoms with Gasteiger partial charge in [-0.3, -0.25) is 0 Å². The monoisotopic (exact) mass is 181 g/mol. The summed E-state index contributed by atoms with van der Waals surface area (Å²) in [6.07, 6.45) is 0.503. The van der Waals surface area contributed by atoms with Crippen molar-refractivity contribution >= 4 is 11.3 Å². The highest BCUT2D eigenvalue weighted by atomic mass is 32.1. The van der Waals surface area contributed by atoms with Crippen LogP contribution in [-0.4, -0.2) is 6.10 Å². The Labute approximate surface area is 76.4 Å². The zero-order chi connectivity index (χ0) is 8.81. The summed E-state index contributed by atoms with van der Waals surface area (Å²) in [5.41, 5.74) is 0. The van der Waals surface area contributed by atoms with Crippen LogP contribution in [0.15, 0.2) is 17.5 Å². The van der Waals surface area contributed by atoms with Crippen molar-refractivity contribution in [1.82, 2.24) is 0 Å². The maximum absolute atomic E-state index is 8.37. The Balaban J connectivity index is 2.23. The zero-order valence-corrected chi connectivity index (χ0v) is 7.80. The number of nitriles is 1. The Kier molecular flexibility index (Phi) is 3.78. The fraction of sp³-hybridized carbons (Fsp3) is 0.444. The molecule has 0 spiro atoms. The quantitative estimate of drug-likeness (QED) is 0.715. The molecule has 2 nitrogen and oxygen atoms in total. The average molecular weight is 181 g/mol. The second kappa shape index (κ2) is 4.91. The van der Waals surface area contributed by atoms with Gasteiger partial charge in [0.05, 0.1) is 25.2 Å². The third kappa shape index (κ3) is 3.04. The SMILES string of the molecule is CC(CC#N)OCc1cccs1. The summed E-state index contributed by atoms with van der Waals surface area (Å²) in [4.78, 5) is 1.21. The minimum absolute atomic E-state index is 0.0390. The molecule has 0 saturated carbocycles. The Morgan fingerprint density at radius 2 is 2.58 bits per heavy atom. The van der Waals surface area contributed by atoms with Gasteiger partial charge >= 0.3 is 0 Å². The third-order valence-corrected chi connectivity index (χ3v) is 2.32. The number of hydrogen-bond donors (Lipinski definition) is 0. The molecule has 64 valence electrons. The van der Waals surface area contributed by atoms with Crippen LogP contribution in [0, 0.1) is 11.3 Å². The van der Waals surface area contributed by atoms with E-state index in [9.17, 15) is 0 Å². The van der Waals surface area contributed by atoms with Gasteiger partial charge in [0.1, 0.15) is 0 Å². The molecule has 1 unspecified atom stereocenters. The molecule has 0 bridgehead atoms. The molecule has 1 rings (SSSR count). The molecule has 0 fully saturated rings. The molecule has 0 aliphatic rings. The van der Waals surface area contributed by atoms with E-state index in [1.165, 1.54) is 4.88 Å². The number of ether oxygens (including phenoxy) is 1. The number of rotatable bonds is 4. The van der Waals surface area contributed by atoms with E-state index in [-0.39, 0.29) is 6.10 Å².